The molecule has 0 aliphatic rings. The normalized spacial score (nSPS) is 12.2. The molecule has 2 heterocycles. The molecule has 0 saturated heterocycles. The minimum atomic E-state index is -0.413. The van der Waals surface area contributed by atoms with Gasteiger partial charge in [0.15, 0.2) is 0 Å². The molecule has 8 heteroatoms. The highest BCUT2D eigenvalue weighted by Crippen LogP contribution is 2.30. The number of halogens is 1. The van der Waals surface area contributed by atoms with E-state index in [1.165, 1.54) is 11.5 Å². The maximum atomic E-state index is 12.4. The maximum absolute atomic E-state index is 12.4. The number of aromatic nitrogens is 3. The third-order valence-corrected chi connectivity index (χ3v) is 4.76. The van der Waals surface area contributed by atoms with Crippen molar-refractivity contribution in [3.05, 3.63) is 46.3 Å². The Hall–Kier alpha value is -2.25. The average molecular weight is 363 g/mol. The summed E-state index contributed by atoms with van der Waals surface area (Å²) >= 11 is 7.34. The smallest absolute Gasteiger partial charge is 0.241 e. The highest BCUT2D eigenvalue weighted by molar-refractivity contribution is 7.09. The first-order chi connectivity index (χ1) is 11.5. The third-order valence-electron chi connectivity index (χ3n) is 3.68. The SMILES string of the molecule is Cc1noc(C)c1[C@@H](C)C(=O)Nc1nsc(-c2ccccc2Cl)n1. The van der Waals surface area contributed by atoms with Crippen LogP contribution in [0.5, 0.6) is 0 Å². The molecule has 0 aliphatic heterocycles. The summed E-state index contributed by atoms with van der Waals surface area (Å²) in [5.41, 5.74) is 2.28. The Balaban J connectivity index is 1.78. The molecule has 0 radical (unpaired) electrons. The fourth-order valence-corrected chi connectivity index (χ4v) is 3.42. The van der Waals surface area contributed by atoms with E-state index in [4.69, 9.17) is 16.1 Å². The molecule has 0 saturated carbocycles. The second-order valence-electron chi connectivity index (χ2n) is 5.35. The Kier molecular flexibility index (Phi) is 4.64. The quantitative estimate of drug-likeness (QED) is 0.752. The fourth-order valence-electron chi connectivity index (χ4n) is 2.48. The van der Waals surface area contributed by atoms with Gasteiger partial charge in [0, 0.05) is 11.1 Å². The molecule has 2 aromatic heterocycles. The summed E-state index contributed by atoms with van der Waals surface area (Å²) in [6, 6.07) is 7.37. The van der Waals surface area contributed by atoms with Crippen molar-refractivity contribution in [3.63, 3.8) is 0 Å². The molecule has 1 atom stereocenters. The predicted molar refractivity (Wildman–Crippen MR) is 93.4 cm³/mol. The summed E-state index contributed by atoms with van der Waals surface area (Å²) in [6.45, 7) is 5.39. The molecule has 0 bridgehead atoms. The number of amides is 1. The zero-order valence-electron chi connectivity index (χ0n) is 13.3. The van der Waals surface area contributed by atoms with Gasteiger partial charge < -0.3 is 4.52 Å². The highest BCUT2D eigenvalue weighted by Gasteiger charge is 2.24. The van der Waals surface area contributed by atoms with Crippen molar-refractivity contribution < 1.29 is 9.32 Å². The Bertz CT molecular complexity index is 870. The molecule has 24 heavy (non-hydrogen) atoms. The summed E-state index contributed by atoms with van der Waals surface area (Å²) in [4.78, 5) is 16.8. The molecule has 0 spiro atoms. The van der Waals surface area contributed by atoms with Crippen molar-refractivity contribution in [1.82, 2.24) is 14.5 Å². The van der Waals surface area contributed by atoms with E-state index in [-0.39, 0.29) is 11.9 Å². The fraction of sp³-hybridized carbons (Fsp3) is 0.250. The number of benzene rings is 1. The molecule has 0 fully saturated rings. The third kappa shape index (κ3) is 3.18. The van der Waals surface area contributed by atoms with E-state index in [9.17, 15) is 4.79 Å². The van der Waals surface area contributed by atoms with Crippen LogP contribution in [0.15, 0.2) is 28.8 Å². The molecule has 1 N–H and O–H groups in total. The lowest BCUT2D eigenvalue weighted by Gasteiger charge is -2.09. The van der Waals surface area contributed by atoms with Crippen LogP contribution in [-0.2, 0) is 4.79 Å². The highest BCUT2D eigenvalue weighted by atomic mass is 35.5. The van der Waals surface area contributed by atoms with Gasteiger partial charge in [-0.2, -0.15) is 9.36 Å². The molecule has 3 rings (SSSR count). The summed E-state index contributed by atoms with van der Waals surface area (Å²) < 4.78 is 9.30. The molecular formula is C16H15ClN4O2S. The Morgan fingerprint density at radius 3 is 2.75 bits per heavy atom. The van der Waals surface area contributed by atoms with Gasteiger partial charge in [-0.05, 0) is 38.4 Å². The van der Waals surface area contributed by atoms with Crippen LogP contribution in [0.3, 0.4) is 0 Å². The minimum Gasteiger partial charge on any atom is -0.361 e. The van der Waals surface area contributed by atoms with Crippen molar-refractivity contribution in [2.24, 2.45) is 0 Å². The number of rotatable bonds is 4. The number of hydrogen-bond donors (Lipinski definition) is 1. The molecule has 1 aromatic carbocycles. The van der Waals surface area contributed by atoms with Gasteiger partial charge in [0.1, 0.15) is 10.8 Å². The Morgan fingerprint density at radius 1 is 1.33 bits per heavy atom. The zero-order valence-corrected chi connectivity index (χ0v) is 14.9. The number of anilines is 1. The maximum Gasteiger partial charge on any atom is 0.241 e. The van der Waals surface area contributed by atoms with Gasteiger partial charge >= 0.3 is 0 Å². The summed E-state index contributed by atoms with van der Waals surface area (Å²) in [5.74, 6) is 0.271. The van der Waals surface area contributed by atoms with E-state index in [0.29, 0.717) is 21.5 Å². The van der Waals surface area contributed by atoms with Crippen LogP contribution >= 0.6 is 23.1 Å². The predicted octanol–water partition coefficient (Wildman–Crippen LogP) is 4.21. The first-order valence-corrected chi connectivity index (χ1v) is 8.44. The number of nitrogens with zero attached hydrogens (tertiary/aromatic N) is 3. The number of carbonyl (C=O) groups excluding carboxylic acids is 1. The van der Waals surface area contributed by atoms with Crippen LogP contribution in [0.4, 0.5) is 5.95 Å². The van der Waals surface area contributed by atoms with Gasteiger partial charge in [0.05, 0.1) is 16.6 Å². The largest absolute Gasteiger partial charge is 0.361 e. The summed E-state index contributed by atoms with van der Waals surface area (Å²) in [7, 11) is 0. The lowest BCUT2D eigenvalue weighted by atomic mass is 9.99. The van der Waals surface area contributed by atoms with E-state index in [2.05, 4.69) is 19.8 Å². The van der Waals surface area contributed by atoms with Gasteiger partial charge in [0.2, 0.25) is 11.9 Å². The molecular weight excluding hydrogens is 348 g/mol. The van der Waals surface area contributed by atoms with Gasteiger partial charge in [-0.3, -0.25) is 10.1 Å². The monoisotopic (exact) mass is 362 g/mol. The molecule has 0 aliphatic carbocycles. The molecule has 6 nitrogen and oxygen atoms in total. The van der Waals surface area contributed by atoms with Crippen molar-refractivity contribution in [2.45, 2.75) is 26.7 Å². The Morgan fingerprint density at radius 2 is 2.08 bits per heavy atom. The van der Waals surface area contributed by atoms with Gasteiger partial charge in [-0.15, -0.1) is 0 Å². The molecule has 0 unspecified atom stereocenters. The lowest BCUT2D eigenvalue weighted by molar-refractivity contribution is -0.117. The van der Waals surface area contributed by atoms with Gasteiger partial charge in [0.25, 0.3) is 0 Å². The second-order valence-corrected chi connectivity index (χ2v) is 6.51. The van der Waals surface area contributed by atoms with E-state index >= 15 is 0 Å². The van der Waals surface area contributed by atoms with Crippen LogP contribution in [0.1, 0.15) is 29.9 Å². The van der Waals surface area contributed by atoms with Gasteiger partial charge in [-0.1, -0.05) is 35.0 Å². The zero-order chi connectivity index (χ0) is 17.3. The second kappa shape index (κ2) is 6.70. The molecule has 3 aromatic rings. The van der Waals surface area contributed by atoms with Crippen LogP contribution < -0.4 is 5.32 Å². The Labute approximate surface area is 148 Å². The van der Waals surface area contributed by atoms with Crippen molar-refractivity contribution >= 4 is 35.0 Å². The molecule has 1 amide bonds. The van der Waals surface area contributed by atoms with Crippen molar-refractivity contribution in [1.29, 1.82) is 0 Å². The van der Waals surface area contributed by atoms with Crippen LogP contribution in [0.2, 0.25) is 5.02 Å². The standard InChI is InChI=1S/C16H15ClN4O2S/c1-8(13-9(2)20-23-10(13)3)14(22)18-16-19-15(24-21-16)11-6-4-5-7-12(11)17/h4-8H,1-3H3,(H,18,21,22)/t8-/m1/s1. The van der Waals surface area contributed by atoms with E-state index in [0.717, 1.165) is 11.1 Å². The van der Waals surface area contributed by atoms with Crippen LogP contribution in [-0.4, -0.2) is 20.4 Å². The number of aryl methyl sites for hydroxylation is 2. The first kappa shape index (κ1) is 16.6. The van der Waals surface area contributed by atoms with E-state index in [1.54, 1.807) is 19.9 Å². The first-order valence-electron chi connectivity index (χ1n) is 7.29. The minimum absolute atomic E-state index is 0.215. The molecule has 124 valence electrons. The lowest BCUT2D eigenvalue weighted by Crippen LogP contribution is -2.20. The van der Waals surface area contributed by atoms with Crippen LogP contribution in [0, 0.1) is 13.8 Å². The van der Waals surface area contributed by atoms with Crippen LogP contribution in [0.25, 0.3) is 10.6 Å². The number of nitrogens with one attached hydrogen (secondary N) is 1. The van der Waals surface area contributed by atoms with Crippen molar-refractivity contribution in [2.75, 3.05) is 5.32 Å². The summed E-state index contributed by atoms with van der Waals surface area (Å²) in [6.07, 6.45) is 0. The van der Waals surface area contributed by atoms with E-state index < -0.39 is 5.92 Å². The van der Waals surface area contributed by atoms with Gasteiger partial charge in [-0.25, -0.2) is 0 Å². The van der Waals surface area contributed by atoms with E-state index in [1.807, 2.05) is 25.1 Å². The number of carbonyl (C=O) groups is 1. The topological polar surface area (TPSA) is 80.9 Å². The average Bonchev–Trinajstić information content (AvgIpc) is 3.14. The summed E-state index contributed by atoms with van der Waals surface area (Å²) in [5, 5.41) is 7.86. The number of hydrogen-bond acceptors (Lipinski definition) is 6. The van der Waals surface area contributed by atoms with Crippen molar-refractivity contribution in [3.8, 4) is 10.6 Å².